The van der Waals surface area contributed by atoms with Crippen molar-refractivity contribution in [1.82, 2.24) is 0 Å². The SMILES string of the molecule is N#CC1=CC2=C3N=CN=CN=C3C2=C1. The normalized spacial score (nSPS) is 21.2. The number of hydrogen-bond donors (Lipinski definition) is 0. The van der Waals surface area contributed by atoms with E-state index < -0.39 is 0 Å². The molecule has 0 aromatic carbocycles. The van der Waals surface area contributed by atoms with Gasteiger partial charge in [0.2, 0.25) is 0 Å². The Kier molecular flexibility index (Phi) is 1.21. The second kappa shape index (κ2) is 2.36. The van der Waals surface area contributed by atoms with E-state index in [0.717, 1.165) is 22.6 Å². The van der Waals surface area contributed by atoms with Gasteiger partial charge in [0.05, 0.1) is 23.1 Å². The van der Waals surface area contributed by atoms with Crippen LogP contribution in [0.3, 0.4) is 0 Å². The van der Waals surface area contributed by atoms with Gasteiger partial charge in [-0.25, -0.2) is 15.0 Å². The van der Waals surface area contributed by atoms with Crippen LogP contribution in [0, 0.1) is 11.3 Å². The Morgan fingerprint density at radius 1 is 1.21 bits per heavy atom. The minimum Gasteiger partial charge on any atom is -0.234 e. The van der Waals surface area contributed by atoms with Crippen molar-refractivity contribution in [3.05, 3.63) is 34.6 Å². The summed E-state index contributed by atoms with van der Waals surface area (Å²) < 4.78 is 0. The van der Waals surface area contributed by atoms with Gasteiger partial charge in [-0.05, 0) is 12.2 Å². The van der Waals surface area contributed by atoms with Crippen molar-refractivity contribution < 1.29 is 0 Å². The van der Waals surface area contributed by atoms with Crippen LogP contribution < -0.4 is 0 Å². The number of nitrogens with zero attached hydrogens (tertiary/aromatic N) is 4. The van der Waals surface area contributed by atoms with Crippen molar-refractivity contribution in [1.29, 1.82) is 5.26 Å². The average molecular weight is 180 g/mol. The zero-order valence-corrected chi connectivity index (χ0v) is 7.10. The highest BCUT2D eigenvalue weighted by Crippen LogP contribution is 2.39. The lowest BCUT2D eigenvalue weighted by atomic mass is 9.88. The molecule has 0 spiro atoms. The maximum absolute atomic E-state index is 8.73. The highest BCUT2D eigenvalue weighted by molar-refractivity contribution is 6.27. The van der Waals surface area contributed by atoms with Crippen LogP contribution in [0.5, 0.6) is 0 Å². The van der Waals surface area contributed by atoms with Crippen molar-refractivity contribution in [2.24, 2.45) is 15.0 Å². The van der Waals surface area contributed by atoms with E-state index in [-0.39, 0.29) is 0 Å². The second-order valence-corrected chi connectivity index (χ2v) is 3.02. The van der Waals surface area contributed by atoms with Gasteiger partial charge in [-0.15, -0.1) is 0 Å². The summed E-state index contributed by atoms with van der Waals surface area (Å²) in [6, 6.07) is 2.10. The number of hydrogen-bond acceptors (Lipinski definition) is 4. The van der Waals surface area contributed by atoms with E-state index in [4.69, 9.17) is 5.26 Å². The summed E-state index contributed by atoms with van der Waals surface area (Å²) in [7, 11) is 0. The summed E-state index contributed by atoms with van der Waals surface area (Å²) in [5.74, 6) is 0. The van der Waals surface area contributed by atoms with Crippen LogP contribution in [0.25, 0.3) is 0 Å². The highest BCUT2D eigenvalue weighted by atomic mass is 15.0. The third-order valence-corrected chi connectivity index (χ3v) is 2.26. The first-order valence-corrected chi connectivity index (χ1v) is 4.11. The molecule has 1 aliphatic heterocycles. The molecule has 0 aromatic rings. The number of fused-ring (bicyclic) bond motifs is 3. The molecule has 4 nitrogen and oxygen atoms in total. The molecule has 3 aliphatic rings. The van der Waals surface area contributed by atoms with E-state index in [1.54, 1.807) is 0 Å². The van der Waals surface area contributed by atoms with Crippen molar-refractivity contribution in [2.45, 2.75) is 0 Å². The van der Waals surface area contributed by atoms with E-state index in [1.165, 1.54) is 12.7 Å². The Morgan fingerprint density at radius 2 is 2.14 bits per heavy atom. The third-order valence-electron chi connectivity index (χ3n) is 2.26. The molecular weight excluding hydrogens is 176 g/mol. The number of nitriles is 1. The first-order valence-electron chi connectivity index (χ1n) is 4.11. The van der Waals surface area contributed by atoms with E-state index in [0.29, 0.717) is 5.57 Å². The lowest BCUT2D eigenvalue weighted by Crippen LogP contribution is -2.18. The van der Waals surface area contributed by atoms with Gasteiger partial charge in [0.15, 0.2) is 0 Å². The molecule has 2 aliphatic carbocycles. The maximum Gasteiger partial charge on any atom is 0.117 e. The molecule has 0 bridgehead atoms. The fraction of sp³-hybridized carbons (Fsp3) is 0. The molecule has 64 valence electrons. The lowest BCUT2D eigenvalue weighted by Gasteiger charge is -2.19. The molecule has 4 heteroatoms. The zero-order valence-electron chi connectivity index (χ0n) is 7.10. The fourth-order valence-corrected chi connectivity index (χ4v) is 1.63. The van der Waals surface area contributed by atoms with Gasteiger partial charge in [-0.3, -0.25) is 0 Å². The van der Waals surface area contributed by atoms with Crippen molar-refractivity contribution in [3.63, 3.8) is 0 Å². The van der Waals surface area contributed by atoms with Crippen LogP contribution in [0.2, 0.25) is 0 Å². The minimum atomic E-state index is 0.658. The Labute approximate surface area is 80.0 Å². The largest absolute Gasteiger partial charge is 0.234 e. The topological polar surface area (TPSA) is 60.9 Å². The summed E-state index contributed by atoms with van der Waals surface area (Å²) >= 11 is 0. The Balaban J connectivity index is 2.21. The standard InChI is InChI=1S/C10H4N4/c11-3-6-1-7-8(2-6)10-9(7)13-4-12-5-14-10/h1-2,4-5H. The highest BCUT2D eigenvalue weighted by Gasteiger charge is 2.33. The molecule has 0 unspecified atom stereocenters. The summed E-state index contributed by atoms with van der Waals surface area (Å²) in [5, 5.41) is 8.73. The molecule has 0 fully saturated rings. The predicted molar refractivity (Wildman–Crippen MR) is 53.2 cm³/mol. The second-order valence-electron chi connectivity index (χ2n) is 3.02. The van der Waals surface area contributed by atoms with Crippen LogP contribution in [0.15, 0.2) is 49.5 Å². The first-order chi connectivity index (χ1) is 6.90. The molecule has 3 rings (SSSR count). The molecule has 0 amide bonds. The molecule has 0 aromatic heterocycles. The van der Waals surface area contributed by atoms with Gasteiger partial charge < -0.3 is 0 Å². The van der Waals surface area contributed by atoms with Crippen molar-refractivity contribution in [2.75, 3.05) is 0 Å². The summed E-state index contributed by atoms with van der Waals surface area (Å²) in [6.07, 6.45) is 6.58. The van der Waals surface area contributed by atoms with Gasteiger partial charge in [0.1, 0.15) is 12.7 Å². The Bertz CT molecular complexity index is 547. The van der Waals surface area contributed by atoms with E-state index in [1.807, 2.05) is 12.2 Å². The first kappa shape index (κ1) is 7.15. The minimum absolute atomic E-state index is 0.658. The predicted octanol–water partition coefficient (Wildman–Crippen LogP) is 1.16. The van der Waals surface area contributed by atoms with Crippen LogP contribution >= 0.6 is 0 Å². The summed E-state index contributed by atoms with van der Waals surface area (Å²) in [6.45, 7) is 0. The van der Waals surface area contributed by atoms with E-state index in [9.17, 15) is 0 Å². The molecular formula is C10H4N4. The summed E-state index contributed by atoms with van der Waals surface area (Å²) in [5.41, 5.74) is 4.33. The van der Waals surface area contributed by atoms with Crippen molar-refractivity contribution in [3.8, 4) is 6.07 Å². The van der Waals surface area contributed by atoms with Gasteiger partial charge >= 0.3 is 0 Å². The zero-order chi connectivity index (χ0) is 9.54. The fourth-order valence-electron chi connectivity index (χ4n) is 1.63. The molecule has 0 saturated heterocycles. The van der Waals surface area contributed by atoms with Crippen LogP contribution in [0.1, 0.15) is 0 Å². The molecule has 1 heterocycles. The molecule has 0 atom stereocenters. The van der Waals surface area contributed by atoms with Crippen LogP contribution in [-0.2, 0) is 0 Å². The Morgan fingerprint density at radius 3 is 3.00 bits per heavy atom. The molecule has 0 saturated carbocycles. The van der Waals surface area contributed by atoms with Gasteiger partial charge in [-0.2, -0.15) is 5.26 Å². The smallest absolute Gasteiger partial charge is 0.117 e. The quantitative estimate of drug-likeness (QED) is 0.551. The number of aliphatic imine (C=N–C) groups is 3. The average Bonchev–Trinajstić information content (AvgIpc) is 2.43. The maximum atomic E-state index is 8.73. The lowest BCUT2D eigenvalue weighted by molar-refractivity contribution is 1.33. The van der Waals surface area contributed by atoms with Gasteiger partial charge in [0.25, 0.3) is 0 Å². The van der Waals surface area contributed by atoms with Gasteiger partial charge in [0, 0.05) is 11.1 Å². The van der Waals surface area contributed by atoms with E-state index in [2.05, 4.69) is 21.0 Å². The number of rotatable bonds is 0. The van der Waals surface area contributed by atoms with Crippen molar-refractivity contribution >= 4 is 18.4 Å². The third kappa shape index (κ3) is 0.735. The Hall–Kier alpha value is -2.28. The van der Waals surface area contributed by atoms with Crippen LogP contribution in [-0.4, -0.2) is 18.4 Å². The van der Waals surface area contributed by atoms with Gasteiger partial charge in [-0.1, -0.05) is 0 Å². The van der Waals surface area contributed by atoms with E-state index >= 15 is 0 Å². The van der Waals surface area contributed by atoms with Crippen LogP contribution in [0.4, 0.5) is 0 Å². The molecule has 0 N–H and O–H groups in total. The molecule has 14 heavy (non-hydrogen) atoms. The summed E-state index contributed by atoms with van der Waals surface area (Å²) in [4.78, 5) is 12.1. The number of allylic oxidation sites excluding steroid dienone is 5. The molecule has 0 radical (unpaired) electrons. The monoisotopic (exact) mass is 180 g/mol.